The van der Waals surface area contributed by atoms with Crippen molar-refractivity contribution in [3.05, 3.63) is 22.4 Å². The molecule has 91 valence electrons. The summed E-state index contributed by atoms with van der Waals surface area (Å²) in [6.45, 7) is 18.9. The predicted molar refractivity (Wildman–Crippen MR) is 76.2 cm³/mol. The standard InChI is InChI=1S/C15H27Si/c1-14(2,3)11-9-10-12(16(7)8)13(11)15(4,5)6/h16H,9H2,1-8H3. The lowest BCUT2D eigenvalue weighted by atomic mass is 9.76. The molecule has 1 aliphatic carbocycles. The number of hydrogen-bond donors (Lipinski definition) is 0. The molecule has 0 saturated heterocycles. The quantitative estimate of drug-likeness (QED) is 0.586. The number of rotatable bonds is 1. The van der Waals surface area contributed by atoms with Gasteiger partial charge < -0.3 is 0 Å². The lowest BCUT2D eigenvalue weighted by Gasteiger charge is -2.32. The van der Waals surface area contributed by atoms with Gasteiger partial charge in [0.05, 0.1) is 8.80 Å². The monoisotopic (exact) mass is 235 g/mol. The molecular formula is C15H27Si. The molecular weight excluding hydrogens is 208 g/mol. The van der Waals surface area contributed by atoms with E-state index in [0.717, 1.165) is 6.42 Å². The Kier molecular flexibility index (Phi) is 3.59. The summed E-state index contributed by atoms with van der Waals surface area (Å²) in [4.78, 5) is 0. The van der Waals surface area contributed by atoms with Gasteiger partial charge in [-0.25, -0.2) is 0 Å². The van der Waals surface area contributed by atoms with Gasteiger partial charge in [0, 0.05) is 0 Å². The van der Waals surface area contributed by atoms with E-state index in [1.165, 1.54) is 0 Å². The molecule has 1 heteroatoms. The van der Waals surface area contributed by atoms with Crippen LogP contribution in [0.5, 0.6) is 0 Å². The Balaban J connectivity index is 3.29. The summed E-state index contributed by atoms with van der Waals surface area (Å²) in [5.41, 5.74) is 3.82. The third-order valence-electron chi connectivity index (χ3n) is 3.26. The summed E-state index contributed by atoms with van der Waals surface area (Å²) in [5.74, 6) is 0. The van der Waals surface area contributed by atoms with Crippen molar-refractivity contribution in [1.82, 2.24) is 0 Å². The predicted octanol–water partition coefficient (Wildman–Crippen LogP) is 4.53. The Morgan fingerprint density at radius 1 is 0.938 bits per heavy atom. The first kappa shape index (κ1) is 13.8. The third kappa shape index (κ3) is 2.68. The van der Waals surface area contributed by atoms with Crippen LogP contribution in [0.1, 0.15) is 48.0 Å². The highest BCUT2D eigenvalue weighted by molar-refractivity contribution is 6.65. The van der Waals surface area contributed by atoms with E-state index < -0.39 is 8.80 Å². The van der Waals surface area contributed by atoms with Crippen LogP contribution in [-0.4, -0.2) is 8.80 Å². The Morgan fingerprint density at radius 2 is 1.44 bits per heavy atom. The minimum Gasteiger partial charge on any atom is -0.0682 e. The molecule has 0 aromatic heterocycles. The zero-order chi connectivity index (χ0) is 12.7. The fraction of sp³-hybridized carbons (Fsp3) is 0.733. The molecule has 0 aromatic rings. The van der Waals surface area contributed by atoms with Crippen molar-refractivity contribution >= 4 is 8.80 Å². The van der Waals surface area contributed by atoms with Gasteiger partial charge in [0.25, 0.3) is 0 Å². The molecule has 0 aliphatic heterocycles. The van der Waals surface area contributed by atoms with Crippen molar-refractivity contribution in [2.75, 3.05) is 0 Å². The minimum absolute atomic E-state index is 0.277. The van der Waals surface area contributed by atoms with Gasteiger partial charge in [0.2, 0.25) is 0 Å². The van der Waals surface area contributed by atoms with Crippen molar-refractivity contribution in [2.45, 2.75) is 61.1 Å². The highest BCUT2D eigenvalue weighted by atomic mass is 28.3. The van der Waals surface area contributed by atoms with Crippen LogP contribution in [0.3, 0.4) is 0 Å². The van der Waals surface area contributed by atoms with Crippen LogP contribution in [0.15, 0.2) is 16.3 Å². The normalized spacial score (nSPS) is 18.4. The maximum absolute atomic E-state index is 3.67. The molecule has 1 radical (unpaired) electrons. The van der Waals surface area contributed by atoms with E-state index >= 15 is 0 Å². The van der Waals surface area contributed by atoms with E-state index in [2.05, 4.69) is 60.7 Å². The van der Waals surface area contributed by atoms with Gasteiger partial charge >= 0.3 is 0 Å². The molecule has 1 aliphatic rings. The molecule has 16 heavy (non-hydrogen) atoms. The first-order chi connectivity index (χ1) is 7.05. The molecule has 0 fully saturated rings. The SMILES string of the molecule is C[SiH](C)C1=[C]CC(C(C)(C)C)=C1C(C)(C)C. The second-order valence-corrected chi connectivity index (χ2v) is 10.2. The maximum Gasteiger partial charge on any atom is 0.0655 e. The van der Waals surface area contributed by atoms with Crippen molar-refractivity contribution < 1.29 is 0 Å². The van der Waals surface area contributed by atoms with Crippen molar-refractivity contribution in [2.24, 2.45) is 10.8 Å². The highest BCUT2D eigenvalue weighted by Crippen LogP contribution is 2.46. The van der Waals surface area contributed by atoms with Crippen LogP contribution in [0, 0.1) is 16.9 Å². The number of allylic oxidation sites excluding steroid dienone is 4. The topological polar surface area (TPSA) is 0 Å². The van der Waals surface area contributed by atoms with Crippen LogP contribution in [0.4, 0.5) is 0 Å². The first-order valence-electron chi connectivity index (χ1n) is 6.40. The summed E-state index contributed by atoms with van der Waals surface area (Å²) in [5, 5.41) is 1.59. The second kappa shape index (κ2) is 4.18. The average molecular weight is 235 g/mol. The van der Waals surface area contributed by atoms with E-state index in [-0.39, 0.29) is 5.41 Å². The van der Waals surface area contributed by atoms with Crippen LogP contribution in [0.25, 0.3) is 0 Å². The zero-order valence-electron chi connectivity index (χ0n) is 12.3. The fourth-order valence-electron chi connectivity index (χ4n) is 2.51. The Morgan fingerprint density at radius 3 is 1.75 bits per heavy atom. The molecule has 0 heterocycles. The lowest BCUT2D eigenvalue weighted by Crippen LogP contribution is -2.21. The van der Waals surface area contributed by atoms with Crippen LogP contribution < -0.4 is 0 Å². The van der Waals surface area contributed by atoms with Crippen LogP contribution >= 0.6 is 0 Å². The van der Waals surface area contributed by atoms with Gasteiger partial charge in [-0.05, 0) is 28.9 Å². The highest BCUT2D eigenvalue weighted by Gasteiger charge is 2.33. The maximum atomic E-state index is 3.67. The van der Waals surface area contributed by atoms with E-state index in [1.807, 2.05) is 0 Å². The first-order valence-corrected chi connectivity index (χ1v) is 9.29. The fourth-order valence-corrected chi connectivity index (χ4v) is 4.21. The summed E-state index contributed by atoms with van der Waals surface area (Å²) in [7, 11) is -0.743. The van der Waals surface area contributed by atoms with Crippen molar-refractivity contribution in [3.8, 4) is 0 Å². The molecule has 0 saturated carbocycles. The Hall–Kier alpha value is -0.303. The third-order valence-corrected chi connectivity index (χ3v) is 4.91. The number of hydrogen-bond acceptors (Lipinski definition) is 0. The largest absolute Gasteiger partial charge is 0.0682 e. The van der Waals surface area contributed by atoms with Crippen LogP contribution in [0.2, 0.25) is 13.1 Å². The van der Waals surface area contributed by atoms with Gasteiger partial charge in [0.15, 0.2) is 0 Å². The molecule has 0 aromatic carbocycles. The summed E-state index contributed by atoms with van der Waals surface area (Å²) in [6.07, 6.45) is 4.74. The Labute approximate surface area is 103 Å². The zero-order valence-corrected chi connectivity index (χ0v) is 13.4. The smallest absolute Gasteiger partial charge is 0.0655 e. The molecule has 0 amide bonds. The van der Waals surface area contributed by atoms with E-state index in [9.17, 15) is 0 Å². The van der Waals surface area contributed by atoms with E-state index in [1.54, 1.807) is 16.3 Å². The summed E-state index contributed by atoms with van der Waals surface area (Å²) < 4.78 is 0. The average Bonchev–Trinajstić information content (AvgIpc) is 2.43. The van der Waals surface area contributed by atoms with Gasteiger partial charge in [-0.15, -0.1) is 0 Å². The minimum atomic E-state index is -0.743. The van der Waals surface area contributed by atoms with E-state index in [4.69, 9.17) is 0 Å². The molecule has 0 bridgehead atoms. The van der Waals surface area contributed by atoms with Gasteiger partial charge in [0.1, 0.15) is 0 Å². The summed E-state index contributed by atoms with van der Waals surface area (Å²) >= 11 is 0. The van der Waals surface area contributed by atoms with Crippen LogP contribution in [-0.2, 0) is 0 Å². The molecule has 1 rings (SSSR count). The van der Waals surface area contributed by atoms with Gasteiger partial charge in [-0.2, -0.15) is 0 Å². The molecule has 0 unspecified atom stereocenters. The van der Waals surface area contributed by atoms with Gasteiger partial charge in [-0.3, -0.25) is 0 Å². The molecule has 0 atom stereocenters. The lowest BCUT2D eigenvalue weighted by molar-refractivity contribution is 0.451. The Bertz CT molecular complexity index is 329. The van der Waals surface area contributed by atoms with E-state index in [0.29, 0.717) is 5.41 Å². The van der Waals surface area contributed by atoms with Gasteiger partial charge in [-0.1, -0.05) is 65.4 Å². The summed E-state index contributed by atoms with van der Waals surface area (Å²) in [6, 6.07) is 0. The second-order valence-electron chi connectivity index (χ2n) is 7.28. The molecule has 0 N–H and O–H groups in total. The molecule has 0 nitrogen and oxygen atoms in total. The van der Waals surface area contributed by atoms with Crippen molar-refractivity contribution in [1.29, 1.82) is 0 Å². The molecule has 0 spiro atoms. The van der Waals surface area contributed by atoms with Crippen molar-refractivity contribution in [3.63, 3.8) is 0 Å².